The topological polar surface area (TPSA) is 78.4 Å². The minimum absolute atomic E-state index is 0.133. The van der Waals surface area contributed by atoms with Crippen LogP contribution in [0.2, 0.25) is 0 Å². The maximum atomic E-state index is 12.7. The molecule has 1 saturated heterocycles. The second-order valence-electron chi connectivity index (χ2n) is 6.64. The Morgan fingerprint density at radius 3 is 2.50 bits per heavy atom. The molecule has 26 heavy (non-hydrogen) atoms. The monoisotopic (exact) mass is 351 g/mol. The molecule has 1 aliphatic carbocycles. The van der Waals surface area contributed by atoms with E-state index in [9.17, 15) is 9.59 Å². The van der Waals surface area contributed by atoms with Gasteiger partial charge in [0.2, 0.25) is 0 Å². The number of piperazine rings is 1. The number of aromatic nitrogens is 2. The lowest BCUT2D eigenvalue weighted by Gasteiger charge is -2.35. The summed E-state index contributed by atoms with van der Waals surface area (Å²) in [7, 11) is 0. The van der Waals surface area contributed by atoms with E-state index >= 15 is 0 Å². The number of hydrogen-bond acceptors (Lipinski definition) is 5. The van der Waals surface area contributed by atoms with Crippen molar-refractivity contribution in [1.29, 1.82) is 0 Å². The van der Waals surface area contributed by atoms with Gasteiger partial charge in [-0.15, -0.1) is 0 Å². The smallest absolute Gasteiger partial charge is 0.272 e. The number of hydrogen-bond donors (Lipinski definition) is 1. The van der Waals surface area contributed by atoms with Crippen LogP contribution in [0.4, 0.5) is 5.82 Å². The third-order valence-electron chi connectivity index (χ3n) is 4.69. The number of carbonyl (C=O) groups excluding carboxylic acids is 2. The molecule has 4 rings (SSSR count). The molecule has 0 unspecified atom stereocenters. The van der Waals surface area contributed by atoms with E-state index in [4.69, 9.17) is 0 Å². The van der Waals surface area contributed by atoms with Gasteiger partial charge in [0.1, 0.15) is 11.5 Å². The normalized spacial score (nSPS) is 17.1. The molecule has 2 fully saturated rings. The van der Waals surface area contributed by atoms with Gasteiger partial charge in [-0.25, -0.2) is 4.98 Å². The van der Waals surface area contributed by atoms with Gasteiger partial charge in [0.15, 0.2) is 0 Å². The molecular weight excluding hydrogens is 330 g/mol. The second-order valence-corrected chi connectivity index (χ2v) is 6.64. The molecular formula is C19H21N5O2. The van der Waals surface area contributed by atoms with Crippen LogP contribution < -0.4 is 10.2 Å². The van der Waals surface area contributed by atoms with Gasteiger partial charge < -0.3 is 15.1 Å². The van der Waals surface area contributed by atoms with E-state index in [1.807, 2.05) is 18.2 Å². The zero-order valence-corrected chi connectivity index (χ0v) is 14.5. The maximum absolute atomic E-state index is 12.7. The Morgan fingerprint density at radius 1 is 1.00 bits per heavy atom. The predicted molar refractivity (Wildman–Crippen MR) is 97.1 cm³/mol. The molecule has 2 aliphatic rings. The zero-order chi connectivity index (χ0) is 17.9. The highest BCUT2D eigenvalue weighted by Gasteiger charge is 2.26. The number of carbonyl (C=O) groups is 2. The van der Waals surface area contributed by atoms with Gasteiger partial charge in [0, 0.05) is 50.2 Å². The lowest BCUT2D eigenvalue weighted by molar-refractivity contribution is 0.0740. The number of amides is 2. The highest BCUT2D eigenvalue weighted by atomic mass is 16.2. The molecule has 0 aromatic carbocycles. The number of rotatable bonds is 4. The molecule has 0 atom stereocenters. The van der Waals surface area contributed by atoms with Crippen molar-refractivity contribution in [2.45, 2.75) is 18.9 Å². The highest BCUT2D eigenvalue weighted by molar-refractivity contribution is 5.98. The van der Waals surface area contributed by atoms with Crippen molar-refractivity contribution in [2.24, 2.45) is 0 Å². The van der Waals surface area contributed by atoms with Crippen molar-refractivity contribution in [3.63, 3.8) is 0 Å². The molecule has 3 heterocycles. The molecule has 0 spiro atoms. The summed E-state index contributed by atoms with van der Waals surface area (Å²) in [6.07, 6.45) is 5.36. The van der Waals surface area contributed by atoms with Crippen LogP contribution in [0.15, 0.2) is 42.7 Å². The number of pyridine rings is 2. The van der Waals surface area contributed by atoms with Gasteiger partial charge in [-0.3, -0.25) is 14.6 Å². The number of nitrogens with one attached hydrogen (secondary N) is 1. The lowest BCUT2D eigenvalue weighted by Crippen LogP contribution is -2.49. The molecule has 0 radical (unpaired) electrons. The molecule has 2 aromatic rings. The Morgan fingerprint density at radius 2 is 1.81 bits per heavy atom. The predicted octanol–water partition coefficient (Wildman–Crippen LogP) is 1.33. The van der Waals surface area contributed by atoms with Crippen LogP contribution in [0.25, 0.3) is 0 Å². The van der Waals surface area contributed by atoms with E-state index < -0.39 is 0 Å². The minimum atomic E-state index is -0.135. The zero-order valence-electron chi connectivity index (χ0n) is 14.5. The van der Waals surface area contributed by atoms with E-state index in [1.54, 1.807) is 23.2 Å². The van der Waals surface area contributed by atoms with Gasteiger partial charge >= 0.3 is 0 Å². The van der Waals surface area contributed by atoms with Crippen molar-refractivity contribution in [2.75, 3.05) is 31.1 Å². The fraction of sp³-hybridized carbons (Fsp3) is 0.368. The lowest BCUT2D eigenvalue weighted by atomic mass is 10.2. The SMILES string of the molecule is O=C(NC1CC1)c1ccnc(C(=O)N2CCN(c3ccccn3)CC2)c1. The third kappa shape index (κ3) is 3.66. The van der Waals surface area contributed by atoms with E-state index in [2.05, 4.69) is 20.2 Å². The van der Waals surface area contributed by atoms with E-state index in [0.29, 0.717) is 24.3 Å². The van der Waals surface area contributed by atoms with E-state index in [0.717, 1.165) is 31.7 Å². The molecule has 134 valence electrons. The average molecular weight is 351 g/mol. The van der Waals surface area contributed by atoms with Crippen molar-refractivity contribution >= 4 is 17.6 Å². The first-order valence-electron chi connectivity index (χ1n) is 8.93. The van der Waals surface area contributed by atoms with Gasteiger partial charge in [0.05, 0.1) is 0 Å². The van der Waals surface area contributed by atoms with Gasteiger partial charge in [-0.2, -0.15) is 0 Å². The van der Waals surface area contributed by atoms with Crippen LogP contribution in [0, 0.1) is 0 Å². The van der Waals surface area contributed by atoms with Gasteiger partial charge in [0.25, 0.3) is 11.8 Å². The molecule has 7 heteroatoms. The van der Waals surface area contributed by atoms with Gasteiger partial charge in [-0.1, -0.05) is 6.07 Å². The molecule has 1 saturated carbocycles. The van der Waals surface area contributed by atoms with Crippen LogP contribution in [0.3, 0.4) is 0 Å². The first-order chi connectivity index (χ1) is 12.7. The summed E-state index contributed by atoms with van der Waals surface area (Å²) in [5.41, 5.74) is 0.808. The van der Waals surface area contributed by atoms with E-state index in [1.165, 1.54) is 6.20 Å². The highest BCUT2D eigenvalue weighted by Crippen LogP contribution is 2.19. The standard InChI is InChI=1S/C19H21N5O2/c25-18(22-15-4-5-15)14-6-8-20-16(13-14)19(26)24-11-9-23(10-12-24)17-3-1-2-7-21-17/h1-3,6-8,13,15H,4-5,9-12H2,(H,22,25). The molecule has 2 amide bonds. The maximum Gasteiger partial charge on any atom is 0.272 e. The molecule has 1 N–H and O–H groups in total. The number of anilines is 1. The minimum Gasteiger partial charge on any atom is -0.353 e. The summed E-state index contributed by atoms with van der Waals surface area (Å²) in [5, 5.41) is 2.93. The Bertz CT molecular complexity index is 799. The Balaban J connectivity index is 1.39. The number of nitrogens with zero attached hydrogens (tertiary/aromatic N) is 4. The second kappa shape index (κ2) is 7.11. The average Bonchev–Trinajstić information content (AvgIpc) is 3.52. The fourth-order valence-electron chi connectivity index (χ4n) is 3.03. The largest absolute Gasteiger partial charge is 0.353 e. The summed E-state index contributed by atoms with van der Waals surface area (Å²) in [6.45, 7) is 2.67. The molecule has 7 nitrogen and oxygen atoms in total. The summed E-state index contributed by atoms with van der Waals surface area (Å²) < 4.78 is 0. The van der Waals surface area contributed by atoms with Crippen LogP contribution in [0.5, 0.6) is 0 Å². The van der Waals surface area contributed by atoms with Crippen LogP contribution in [0.1, 0.15) is 33.7 Å². The molecule has 2 aromatic heterocycles. The Kier molecular flexibility index (Phi) is 4.51. The van der Waals surface area contributed by atoms with Crippen molar-refractivity contribution < 1.29 is 9.59 Å². The summed E-state index contributed by atoms with van der Waals surface area (Å²) in [5.74, 6) is 0.659. The third-order valence-corrected chi connectivity index (χ3v) is 4.69. The van der Waals surface area contributed by atoms with E-state index in [-0.39, 0.29) is 17.9 Å². The van der Waals surface area contributed by atoms with Crippen LogP contribution in [-0.2, 0) is 0 Å². The Labute approximate surface area is 152 Å². The Hall–Kier alpha value is -2.96. The summed E-state index contributed by atoms with van der Waals surface area (Å²) in [4.78, 5) is 37.4. The first-order valence-corrected chi connectivity index (χ1v) is 8.93. The van der Waals surface area contributed by atoms with Crippen molar-refractivity contribution in [3.8, 4) is 0 Å². The summed E-state index contributed by atoms with van der Waals surface area (Å²) in [6, 6.07) is 9.35. The molecule has 1 aliphatic heterocycles. The van der Waals surface area contributed by atoms with Crippen LogP contribution in [-0.4, -0.2) is 58.9 Å². The van der Waals surface area contributed by atoms with Gasteiger partial charge in [-0.05, 0) is 37.1 Å². The fourth-order valence-corrected chi connectivity index (χ4v) is 3.03. The van der Waals surface area contributed by atoms with Crippen molar-refractivity contribution in [3.05, 3.63) is 54.0 Å². The van der Waals surface area contributed by atoms with Crippen molar-refractivity contribution in [1.82, 2.24) is 20.2 Å². The first kappa shape index (κ1) is 16.5. The van der Waals surface area contributed by atoms with Crippen LogP contribution >= 0.6 is 0 Å². The molecule has 0 bridgehead atoms. The summed E-state index contributed by atoms with van der Waals surface area (Å²) >= 11 is 0. The quantitative estimate of drug-likeness (QED) is 0.899.